The van der Waals surface area contributed by atoms with Gasteiger partial charge < -0.3 is 10.4 Å². The number of rotatable bonds is 4. The molecule has 0 aromatic rings. The van der Waals surface area contributed by atoms with Gasteiger partial charge in [-0.1, -0.05) is 27.2 Å². The molecule has 13 heavy (non-hydrogen) atoms. The highest BCUT2D eigenvalue weighted by Crippen LogP contribution is 2.29. The molecule has 0 amide bonds. The quantitative estimate of drug-likeness (QED) is 0.700. The molecule has 1 aliphatic heterocycles. The maximum absolute atomic E-state index is 9.60. The summed E-state index contributed by atoms with van der Waals surface area (Å²) in [6.07, 6.45) is 3.51. The Labute approximate surface area is 81.7 Å². The van der Waals surface area contributed by atoms with Crippen molar-refractivity contribution in [2.24, 2.45) is 11.3 Å². The van der Waals surface area contributed by atoms with E-state index in [-0.39, 0.29) is 6.10 Å². The van der Waals surface area contributed by atoms with E-state index in [0.29, 0.717) is 11.3 Å². The van der Waals surface area contributed by atoms with Gasteiger partial charge in [0.25, 0.3) is 0 Å². The van der Waals surface area contributed by atoms with E-state index in [1.807, 2.05) is 0 Å². The molecular weight excluding hydrogens is 162 g/mol. The van der Waals surface area contributed by atoms with Gasteiger partial charge in [-0.05, 0) is 24.2 Å². The fraction of sp³-hybridized carbons (Fsp3) is 1.00. The summed E-state index contributed by atoms with van der Waals surface area (Å²) in [7, 11) is 0. The summed E-state index contributed by atoms with van der Waals surface area (Å²) in [5.41, 5.74) is 0.447. The van der Waals surface area contributed by atoms with Crippen LogP contribution in [-0.2, 0) is 0 Å². The van der Waals surface area contributed by atoms with E-state index < -0.39 is 0 Å². The predicted octanol–water partition coefficient (Wildman–Crippen LogP) is 1.78. The summed E-state index contributed by atoms with van der Waals surface area (Å²) < 4.78 is 0. The van der Waals surface area contributed by atoms with Crippen molar-refractivity contribution < 1.29 is 5.11 Å². The third-order valence-corrected chi connectivity index (χ3v) is 3.45. The monoisotopic (exact) mass is 185 g/mol. The van der Waals surface area contributed by atoms with E-state index in [2.05, 4.69) is 26.1 Å². The van der Waals surface area contributed by atoms with E-state index in [1.54, 1.807) is 0 Å². The molecule has 2 atom stereocenters. The van der Waals surface area contributed by atoms with Crippen molar-refractivity contribution in [3.05, 3.63) is 0 Å². The Kier molecular flexibility index (Phi) is 3.74. The minimum Gasteiger partial charge on any atom is -0.391 e. The van der Waals surface area contributed by atoms with E-state index in [4.69, 9.17) is 0 Å². The van der Waals surface area contributed by atoms with E-state index in [0.717, 1.165) is 19.5 Å². The molecule has 78 valence electrons. The average molecular weight is 185 g/mol. The second-order valence-corrected chi connectivity index (χ2v) is 5.04. The first kappa shape index (κ1) is 11.0. The lowest BCUT2D eigenvalue weighted by molar-refractivity contribution is 0.132. The van der Waals surface area contributed by atoms with Gasteiger partial charge >= 0.3 is 0 Å². The lowest BCUT2D eigenvalue weighted by Crippen LogP contribution is -2.20. The molecule has 2 N–H and O–H groups in total. The molecule has 0 bridgehead atoms. The molecule has 1 aliphatic rings. The number of β-amino-alcohol motifs (C(OH)–C–C–N with tert-alkyl or cyclic N) is 1. The van der Waals surface area contributed by atoms with Crippen LogP contribution in [-0.4, -0.2) is 24.3 Å². The predicted molar refractivity (Wildman–Crippen MR) is 55.7 cm³/mol. The standard InChI is InChI=1S/C11H23NO/c1-4-11(2,3)6-5-9-7-12-8-10(9)13/h9-10,12-13H,4-8H2,1-3H3. The fourth-order valence-electron chi connectivity index (χ4n) is 1.77. The number of aliphatic hydroxyl groups is 1. The molecule has 2 unspecified atom stereocenters. The van der Waals surface area contributed by atoms with Gasteiger partial charge in [-0.25, -0.2) is 0 Å². The third kappa shape index (κ3) is 3.28. The third-order valence-electron chi connectivity index (χ3n) is 3.45. The maximum atomic E-state index is 9.60. The van der Waals surface area contributed by atoms with Crippen LogP contribution in [0.25, 0.3) is 0 Å². The summed E-state index contributed by atoms with van der Waals surface area (Å²) in [5, 5.41) is 12.8. The SMILES string of the molecule is CCC(C)(C)CCC1CNCC1O. The van der Waals surface area contributed by atoms with Gasteiger partial charge in [0.1, 0.15) is 0 Å². The molecule has 1 fully saturated rings. The zero-order valence-electron chi connectivity index (χ0n) is 9.14. The Balaban J connectivity index is 2.25. The Bertz CT molecular complexity index is 156. The second kappa shape index (κ2) is 4.43. The van der Waals surface area contributed by atoms with Gasteiger partial charge in [-0.3, -0.25) is 0 Å². The average Bonchev–Trinajstić information content (AvgIpc) is 2.48. The molecule has 0 aliphatic carbocycles. The van der Waals surface area contributed by atoms with Crippen molar-refractivity contribution in [3.8, 4) is 0 Å². The van der Waals surface area contributed by atoms with Crippen molar-refractivity contribution in [3.63, 3.8) is 0 Å². The van der Waals surface area contributed by atoms with Gasteiger partial charge in [0.2, 0.25) is 0 Å². The van der Waals surface area contributed by atoms with Crippen molar-refractivity contribution in [2.75, 3.05) is 13.1 Å². The highest BCUT2D eigenvalue weighted by molar-refractivity contribution is 4.82. The normalized spacial score (nSPS) is 29.5. The summed E-state index contributed by atoms with van der Waals surface area (Å²) in [5.74, 6) is 0.492. The first-order valence-electron chi connectivity index (χ1n) is 5.44. The van der Waals surface area contributed by atoms with Crippen LogP contribution in [0, 0.1) is 11.3 Å². The zero-order valence-corrected chi connectivity index (χ0v) is 9.14. The summed E-state index contributed by atoms with van der Waals surface area (Å²) >= 11 is 0. The summed E-state index contributed by atoms with van der Waals surface area (Å²) in [6.45, 7) is 8.64. The van der Waals surface area contributed by atoms with Crippen molar-refractivity contribution in [1.82, 2.24) is 5.32 Å². The molecule has 0 aromatic carbocycles. The van der Waals surface area contributed by atoms with Crippen LogP contribution in [0.5, 0.6) is 0 Å². The largest absolute Gasteiger partial charge is 0.391 e. The van der Waals surface area contributed by atoms with Crippen LogP contribution >= 0.6 is 0 Å². The molecule has 0 radical (unpaired) electrons. The topological polar surface area (TPSA) is 32.3 Å². The lowest BCUT2D eigenvalue weighted by Gasteiger charge is -2.24. The fourth-order valence-corrected chi connectivity index (χ4v) is 1.77. The molecule has 1 saturated heterocycles. The van der Waals surface area contributed by atoms with Crippen LogP contribution in [0.2, 0.25) is 0 Å². The number of hydrogen-bond acceptors (Lipinski definition) is 2. The van der Waals surface area contributed by atoms with Gasteiger partial charge in [-0.2, -0.15) is 0 Å². The van der Waals surface area contributed by atoms with E-state index >= 15 is 0 Å². The molecule has 1 rings (SSSR count). The Morgan fingerprint density at radius 3 is 2.54 bits per heavy atom. The van der Waals surface area contributed by atoms with E-state index in [9.17, 15) is 5.11 Å². The van der Waals surface area contributed by atoms with Gasteiger partial charge in [0, 0.05) is 13.1 Å². The van der Waals surface area contributed by atoms with Crippen LogP contribution in [0.1, 0.15) is 40.0 Å². The lowest BCUT2D eigenvalue weighted by atomic mass is 9.82. The smallest absolute Gasteiger partial charge is 0.0704 e. The maximum Gasteiger partial charge on any atom is 0.0704 e. The van der Waals surface area contributed by atoms with Crippen molar-refractivity contribution in [2.45, 2.75) is 46.1 Å². The zero-order chi connectivity index (χ0) is 9.90. The number of nitrogens with one attached hydrogen (secondary N) is 1. The highest BCUT2D eigenvalue weighted by Gasteiger charge is 2.26. The summed E-state index contributed by atoms with van der Waals surface area (Å²) in [4.78, 5) is 0. The number of aliphatic hydroxyl groups excluding tert-OH is 1. The number of hydrogen-bond donors (Lipinski definition) is 2. The molecule has 2 heteroatoms. The Morgan fingerprint density at radius 2 is 2.08 bits per heavy atom. The van der Waals surface area contributed by atoms with Crippen LogP contribution in [0.4, 0.5) is 0 Å². The minimum atomic E-state index is -0.104. The van der Waals surface area contributed by atoms with Crippen molar-refractivity contribution >= 4 is 0 Å². The summed E-state index contributed by atoms with van der Waals surface area (Å²) in [6, 6.07) is 0. The van der Waals surface area contributed by atoms with Gasteiger partial charge in [0.05, 0.1) is 6.10 Å². The second-order valence-electron chi connectivity index (χ2n) is 5.04. The molecule has 0 saturated carbocycles. The first-order valence-corrected chi connectivity index (χ1v) is 5.44. The molecule has 0 aromatic heterocycles. The molecule has 2 nitrogen and oxygen atoms in total. The molecule has 1 heterocycles. The van der Waals surface area contributed by atoms with Gasteiger partial charge in [-0.15, -0.1) is 0 Å². The van der Waals surface area contributed by atoms with E-state index in [1.165, 1.54) is 12.8 Å². The van der Waals surface area contributed by atoms with Crippen LogP contribution in [0.3, 0.4) is 0 Å². The minimum absolute atomic E-state index is 0.104. The highest BCUT2D eigenvalue weighted by atomic mass is 16.3. The first-order chi connectivity index (χ1) is 6.05. The van der Waals surface area contributed by atoms with Gasteiger partial charge in [0.15, 0.2) is 0 Å². The van der Waals surface area contributed by atoms with Crippen molar-refractivity contribution in [1.29, 1.82) is 0 Å². The Morgan fingerprint density at radius 1 is 1.38 bits per heavy atom. The Hall–Kier alpha value is -0.0800. The van der Waals surface area contributed by atoms with Crippen LogP contribution < -0.4 is 5.32 Å². The molecular formula is C11H23NO. The molecule has 0 spiro atoms. The van der Waals surface area contributed by atoms with Crippen LogP contribution in [0.15, 0.2) is 0 Å².